The summed E-state index contributed by atoms with van der Waals surface area (Å²) < 4.78 is 11.7. The van der Waals surface area contributed by atoms with Crippen molar-refractivity contribution in [3.05, 3.63) is 12.2 Å². The Kier molecular flexibility index (Phi) is 3.50. The number of hydrogen-bond donors (Lipinski definition) is 3. The van der Waals surface area contributed by atoms with E-state index in [1.165, 1.54) is 32.9 Å². The molecule has 0 radical (unpaired) electrons. The molecule has 0 aliphatic heterocycles. The molecule has 0 heterocycles. The number of aliphatic hydroxyl groups is 2. The van der Waals surface area contributed by atoms with E-state index in [1.807, 2.05) is 0 Å². The van der Waals surface area contributed by atoms with Crippen LogP contribution in [0.5, 0.6) is 0 Å². The van der Waals surface area contributed by atoms with Crippen LogP contribution in [0.3, 0.4) is 0 Å². The molecule has 0 aromatic rings. The summed E-state index contributed by atoms with van der Waals surface area (Å²) in [6.07, 6.45) is 2.67. The van der Waals surface area contributed by atoms with Gasteiger partial charge in [0.25, 0.3) is 7.37 Å². The Labute approximate surface area is 78.4 Å². The molecule has 0 bridgehead atoms. The van der Waals surface area contributed by atoms with Gasteiger partial charge in [-0.2, -0.15) is 0 Å². The van der Waals surface area contributed by atoms with Crippen molar-refractivity contribution in [2.45, 2.75) is 38.4 Å². The molecule has 4 nitrogen and oxygen atoms in total. The van der Waals surface area contributed by atoms with E-state index >= 15 is 0 Å². The Morgan fingerprint density at radius 1 is 1.23 bits per heavy atom. The Balaban J connectivity index is 5.17. The molecule has 0 aliphatic rings. The number of rotatable bonds is 3. The Bertz CT molecular complexity index is 249. The molecule has 0 spiro atoms. The highest BCUT2D eigenvalue weighted by Gasteiger charge is 2.50. The largest absolute Gasteiger partial charge is 0.380 e. The quantitative estimate of drug-likeness (QED) is 0.482. The van der Waals surface area contributed by atoms with Gasteiger partial charge in [-0.25, -0.2) is 0 Å². The van der Waals surface area contributed by atoms with Gasteiger partial charge in [-0.1, -0.05) is 6.08 Å². The lowest BCUT2D eigenvalue weighted by molar-refractivity contribution is 0.109. The second-order valence-corrected chi connectivity index (χ2v) is 6.82. The molecule has 5 heteroatoms. The van der Waals surface area contributed by atoms with Gasteiger partial charge in [-0.3, -0.25) is 4.57 Å². The molecule has 0 fully saturated rings. The van der Waals surface area contributed by atoms with E-state index in [4.69, 9.17) is 0 Å². The van der Waals surface area contributed by atoms with Crippen LogP contribution >= 0.6 is 7.37 Å². The normalized spacial score (nSPS) is 22.7. The van der Waals surface area contributed by atoms with Crippen LogP contribution in [0.4, 0.5) is 0 Å². The third-order valence-electron chi connectivity index (χ3n) is 1.84. The molecule has 0 aromatic heterocycles. The van der Waals surface area contributed by atoms with Crippen molar-refractivity contribution in [2.75, 3.05) is 0 Å². The van der Waals surface area contributed by atoms with Crippen LogP contribution < -0.4 is 0 Å². The van der Waals surface area contributed by atoms with Crippen LogP contribution in [-0.2, 0) is 4.57 Å². The molecule has 78 valence electrons. The smallest absolute Gasteiger partial charge is 0.264 e. The first-order valence-corrected chi connectivity index (χ1v) is 5.64. The van der Waals surface area contributed by atoms with Crippen molar-refractivity contribution in [3.8, 4) is 0 Å². The fourth-order valence-electron chi connectivity index (χ4n) is 0.971. The van der Waals surface area contributed by atoms with Gasteiger partial charge in [0.05, 0.1) is 0 Å². The first-order chi connectivity index (χ1) is 5.56. The highest BCUT2D eigenvalue weighted by Crippen LogP contribution is 2.62. The van der Waals surface area contributed by atoms with E-state index in [0.29, 0.717) is 0 Å². The minimum absolute atomic E-state index is 1.20. The fraction of sp³-hybridized carbons (Fsp3) is 0.750. The molecular formula is C8H17O4P. The van der Waals surface area contributed by atoms with Crippen LogP contribution in [0.1, 0.15) is 27.7 Å². The lowest BCUT2D eigenvalue weighted by Gasteiger charge is -2.34. The summed E-state index contributed by atoms with van der Waals surface area (Å²) in [5.41, 5.74) is 0. The molecule has 2 unspecified atom stereocenters. The van der Waals surface area contributed by atoms with Gasteiger partial charge in [0.1, 0.15) is 5.34 Å². The Morgan fingerprint density at radius 3 is 1.85 bits per heavy atom. The third kappa shape index (κ3) is 2.41. The molecule has 13 heavy (non-hydrogen) atoms. The first kappa shape index (κ1) is 12.8. The van der Waals surface area contributed by atoms with Gasteiger partial charge in [-0.05, 0) is 33.8 Å². The van der Waals surface area contributed by atoms with Gasteiger partial charge in [-0.15, -0.1) is 0 Å². The number of hydrogen-bond acceptors (Lipinski definition) is 3. The molecular weight excluding hydrogens is 191 g/mol. The van der Waals surface area contributed by atoms with E-state index in [1.54, 1.807) is 6.92 Å². The maximum atomic E-state index is 11.7. The maximum absolute atomic E-state index is 11.7. The summed E-state index contributed by atoms with van der Waals surface area (Å²) in [6, 6.07) is 0. The average molecular weight is 208 g/mol. The van der Waals surface area contributed by atoms with Gasteiger partial charge in [0, 0.05) is 0 Å². The monoisotopic (exact) mass is 208 g/mol. The molecule has 3 N–H and O–H groups in total. The predicted octanol–water partition coefficient (Wildman–Crippen LogP) is 1.27. The van der Waals surface area contributed by atoms with Gasteiger partial charge in [0.2, 0.25) is 0 Å². The van der Waals surface area contributed by atoms with Crippen molar-refractivity contribution in [2.24, 2.45) is 0 Å². The van der Waals surface area contributed by atoms with Crippen LogP contribution in [0, 0.1) is 0 Å². The maximum Gasteiger partial charge on any atom is 0.264 e. The van der Waals surface area contributed by atoms with E-state index in [0.717, 1.165) is 0 Å². The number of allylic oxidation sites excluding steroid dienone is 1. The molecule has 0 saturated carbocycles. The lowest BCUT2D eigenvalue weighted by Crippen LogP contribution is -2.33. The van der Waals surface area contributed by atoms with Crippen LogP contribution in [0.25, 0.3) is 0 Å². The Hall–Kier alpha value is -0.150. The molecule has 0 rings (SSSR count). The molecule has 0 aromatic carbocycles. The second kappa shape index (κ2) is 3.54. The predicted molar refractivity (Wildman–Crippen MR) is 51.6 cm³/mol. The summed E-state index contributed by atoms with van der Waals surface area (Å²) in [5, 5.41) is 15.3. The van der Waals surface area contributed by atoms with Gasteiger partial charge >= 0.3 is 0 Å². The second-order valence-electron chi connectivity index (χ2n) is 3.66. The van der Waals surface area contributed by atoms with E-state index < -0.39 is 18.1 Å². The standard InChI is InChI=1S/C8H17O4P/c1-5-6-8(4,10)13(11,12)7(2,3)9/h5-6,9-10H,1-4H3,(H,11,12). The summed E-state index contributed by atoms with van der Waals surface area (Å²) in [4.78, 5) is 9.51. The van der Waals surface area contributed by atoms with E-state index in [9.17, 15) is 19.7 Å². The summed E-state index contributed by atoms with van der Waals surface area (Å²) in [5.74, 6) is 0. The zero-order chi connectivity index (χ0) is 10.9. The SMILES string of the molecule is CC=CC(C)(O)P(=O)(O)C(C)(C)O. The van der Waals surface area contributed by atoms with Crippen molar-refractivity contribution in [1.29, 1.82) is 0 Å². The zero-order valence-corrected chi connectivity index (χ0v) is 9.25. The van der Waals surface area contributed by atoms with Crippen LogP contribution in [0.2, 0.25) is 0 Å². The van der Waals surface area contributed by atoms with Gasteiger partial charge < -0.3 is 15.1 Å². The minimum atomic E-state index is -4.07. The van der Waals surface area contributed by atoms with Crippen molar-refractivity contribution in [1.82, 2.24) is 0 Å². The van der Waals surface area contributed by atoms with Crippen LogP contribution in [-0.4, -0.2) is 25.8 Å². The topological polar surface area (TPSA) is 77.8 Å². The first-order valence-electron chi connectivity index (χ1n) is 3.98. The average Bonchev–Trinajstić information content (AvgIpc) is 1.84. The minimum Gasteiger partial charge on any atom is -0.380 e. The zero-order valence-electron chi connectivity index (χ0n) is 8.35. The highest BCUT2D eigenvalue weighted by molar-refractivity contribution is 7.61. The van der Waals surface area contributed by atoms with Crippen molar-refractivity contribution in [3.63, 3.8) is 0 Å². The fourth-order valence-corrected chi connectivity index (χ4v) is 2.43. The molecule has 0 saturated heterocycles. The molecule has 2 atom stereocenters. The van der Waals surface area contributed by atoms with E-state index in [2.05, 4.69) is 0 Å². The van der Waals surface area contributed by atoms with Crippen molar-refractivity contribution >= 4 is 7.37 Å². The van der Waals surface area contributed by atoms with Gasteiger partial charge in [0.15, 0.2) is 5.34 Å². The van der Waals surface area contributed by atoms with Crippen molar-refractivity contribution < 1.29 is 19.7 Å². The lowest BCUT2D eigenvalue weighted by atomic mass is 10.3. The highest BCUT2D eigenvalue weighted by atomic mass is 31.2. The Morgan fingerprint density at radius 2 is 1.62 bits per heavy atom. The molecule has 0 amide bonds. The van der Waals surface area contributed by atoms with E-state index in [-0.39, 0.29) is 0 Å². The van der Waals surface area contributed by atoms with Crippen LogP contribution in [0.15, 0.2) is 12.2 Å². The summed E-state index contributed by atoms with van der Waals surface area (Å²) in [6.45, 7) is 5.22. The molecule has 0 aliphatic carbocycles. The summed E-state index contributed by atoms with van der Waals surface area (Å²) >= 11 is 0. The summed E-state index contributed by atoms with van der Waals surface area (Å²) in [7, 11) is -4.07. The third-order valence-corrected chi connectivity index (χ3v) is 4.70.